The summed E-state index contributed by atoms with van der Waals surface area (Å²) < 4.78 is 13.4. The number of methoxy groups -OCH3 is 1. The number of pyridine rings is 1. The molecular formula is C35H32N4O4S. The van der Waals surface area contributed by atoms with E-state index in [-0.39, 0.29) is 17.6 Å². The smallest absolute Gasteiger partial charge is 0.335 e. The lowest BCUT2D eigenvalue weighted by atomic mass is 9.96. The molecular weight excluding hydrogens is 572 g/mol. The molecule has 44 heavy (non-hydrogen) atoms. The summed E-state index contributed by atoms with van der Waals surface area (Å²) in [5.41, 5.74) is 6.88. The second kappa shape index (κ2) is 11.9. The fourth-order valence-corrected chi connectivity index (χ4v) is 6.19. The SMILES string of the molecule is COc1ccc(Oc2ccc(N3C(=S)NC(c4ccccn4)C3c3cc(C)n(-c4cc(C(=O)O)ccc4C)c3C)cc2)cc1. The van der Waals surface area contributed by atoms with E-state index >= 15 is 0 Å². The van der Waals surface area contributed by atoms with Crippen LogP contribution in [0, 0.1) is 20.8 Å². The molecule has 2 unspecified atom stereocenters. The van der Waals surface area contributed by atoms with Crippen LogP contribution in [0.3, 0.4) is 0 Å². The van der Waals surface area contributed by atoms with Crippen LogP contribution in [0.2, 0.25) is 0 Å². The van der Waals surface area contributed by atoms with Crippen molar-refractivity contribution in [3.63, 3.8) is 0 Å². The van der Waals surface area contributed by atoms with Crippen molar-refractivity contribution in [3.05, 3.63) is 131 Å². The maximum absolute atomic E-state index is 11.8. The van der Waals surface area contributed by atoms with Crippen molar-refractivity contribution in [2.75, 3.05) is 12.0 Å². The topological polar surface area (TPSA) is 88.9 Å². The lowest BCUT2D eigenvalue weighted by Crippen LogP contribution is -2.29. The van der Waals surface area contributed by atoms with Gasteiger partial charge < -0.3 is 29.4 Å². The summed E-state index contributed by atoms with van der Waals surface area (Å²) >= 11 is 5.95. The maximum Gasteiger partial charge on any atom is 0.335 e. The zero-order chi connectivity index (χ0) is 31.0. The van der Waals surface area contributed by atoms with E-state index in [1.54, 1.807) is 25.4 Å². The van der Waals surface area contributed by atoms with Gasteiger partial charge in [-0.3, -0.25) is 4.98 Å². The van der Waals surface area contributed by atoms with Gasteiger partial charge in [0.2, 0.25) is 0 Å². The van der Waals surface area contributed by atoms with Gasteiger partial charge in [0.25, 0.3) is 0 Å². The molecule has 1 saturated heterocycles. The Kier molecular flexibility index (Phi) is 7.80. The van der Waals surface area contributed by atoms with Crippen LogP contribution in [0.1, 0.15) is 50.7 Å². The molecule has 0 amide bonds. The molecule has 3 heterocycles. The zero-order valence-corrected chi connectivity index (χ0v) is 25.6. The predicted octanol–water partition coefficient (Wildman–Crippen LogP) is 7.47. The molecule has 0 saturated carbocycles. The van der Waals surface area contributed by atoms with Crippen LogP contribution in [0.5, 0.6) is 17.2 Å². The van der Waals surface area contributed by atoms with Gasteiger partial charge in [-0.1, -0.05) is 12.1 Å². The number of rotatable bonds is 8. The fraction of sp³-hybridized carbons (Fsp3) is 0.171. The second-order valence-corrected chi connectivity index (χ2v) is 11.1. The Bertz CT molecular complexity index is 1840. The number of hydrogen-bond acceptors (Lipinski definition) is 5. The number of ether oxygens (including phenoxy) is 2. The monoisotopic (exact) mass is 604 g/mol. The van der Waals surface area contributed by atoms with Gasteiger partial charge in [0, 0.05) is 29.0 Å². The normalized spacial score (nSPS) is 16.1. The highest BCUT2D eigenvalue weighted by molar-refractivity contribution is 7.80. The molecule has 5 aromatic rings. The van der Waals surface area contributed by atoms with Gasteiger partial charge in [0.1, 0.15) is 17.2 Å². The standard InChI is InChI=1S/C35H32N4O4S/c1-21-8-9-24(34(40)41)20-31(21)38-22(2)19-29(23(38)3)33-32(30-7-5-6-18-36-30)37-35(44)39(33)25-10-12-27(13-11-25)43-28-16-14-26(42-4)15-17-28/h5-20,32-33H,1-4H3,(H,37,44)(H,40,41). The number of carboxylic acid groups (broad SMARTS) is 1. The highest BCUT2D eigenvalue weighted by Gasteiger charge is 2.42. The molecule has 0 spiro atoms. The Morgan fingerprint density at radius 2 is 1.59 bits per heavy atom. The number of carbonyl (C=O) groups is 1. The van der Waals surface area contributed by atoms with Crippen LogP contribution < -0.4 is 19.7 Å². The van der Waals surface area contributed by atoms with Crippen LogP contribution >= 0.6 is 12.2 Å². The van der Waals surface area contributed by atoms with Crippen molar-refractivity contribution < 1.29 is 19.4 Å². The molecule has 222 valence electrons. The van der Waals surface area contributed by atoms with E-state index in [2.05, 4.69) is 32.8 Å². The van der Waals surface area contributed by atoms with E-state index < -0.39 is 5.97 Å². The van der Waals surface area contributed by atoms with Crippen LogP contribution in [0.25, 0.3) is 5.69 Å². The maximum atomic E-state index is 11.8. The summed E-state index contributed by atoms with van der Waals surface area (Å²) in [7, 11) is 1.63. The number of hydrogen-bond donors (Lipinski definition) is 2. The minimum Gasteiger partial charge on any atom is -0.497 e. The van der Waals surface area contributed by atoms with Gasteiger partial charge in [0.05, 0.1) is 30.5 Å². The highest BCUT2D eigenvalue weighted by atomic mass is 32.1. The third kappa shape index (κ3) is 5.38. The Labute approximate surface area is 261 Å². The summed E-state index contributed by atoms with van der Waals surface area (Å²) in [4.78, 5) is 18.6. The van der Waals surface area contributed by atoms with Crippen molar-refractivity contribution in [2.24, 2.45) is 0 Å². The molecule has 2 N–H and O–H groups in total. The summed E-state index contributed by atoms with van der Waals surface area (Å²) in [6.45, 7) is 6.09. The molecule has 3 aromatic carbocycles. The van der Waals surface area contributed by atoms with Crippen molar-refractivity contribution in [1.29, 1.82) is 0 Å². The first-order valence-corrected chi connectivity index (χ1v) is 14.6. The molecule has 0 aliphatic carbocycles. The van der Waals surface area contributed by atoms with Gasteiger partial charge in [-0.2, -0.15) is 0 Å². The minimum atomic E-state index is -0.958. The number of benzene rings is 3. The fourth-order valence-electron chi connectivity index (χ4n) is 5.84. The van der Waals surface area contributed by atoms with E-state index in [9.17, 15) is 9.90 Å². The molecule has 6 rings (SSSR count). The molecule has 2 aromatic heterocycles. The molecule has 0 bridgehead atoms. The molecule has 1 aliphatic heterocycles. The first kappa shape index (κ1) is 28.9. The van der Waals surface area contributed by atoms with Crippen LogP contribution in [-0.4, -0.2) is 32.8 Å². The van der Waals surface area contributed by atoms with Crippen LogP contribution in [0.4, 0.5) is 5.69 Å². The van der Waals surface area contributed by atoms with E-state index in [1.165, 1.54) is 0 Å². The number of carboxylic acids is 1. The van der Waals surface area contributed by atoms with Gasteiger partial charge in [-0.15, -0.1) is 0 Å². The van der Waals surface area contributed by atoms with E-state index in [1.807, 2.05) is 86.6 Å². The van der Waals surface area contributed by atoms with Crippen LogP contribution in [0.15, 0.2) is 97.2 Å². The average Bonchev–Trinajstić information content (AvgIpc) is 3.53. The second-order valence-electron chi connectivity index (χ2n) is 10.7. The number of nitrogens with zero attached hydrogens (tertiary/aromatic N) is 3. The lowest BCUT2D eigenvalue weighted by Gasteiger charge is -2.28. The van der Waals surface area contributed by atoms with Crippen molar-refractivity contribution in [3.8, 4) is 22.9 Å². The Hall–Kier alpha value is -5.15. The quantitative estimate of drug-likeness (QED) is 0.176. The zero-order valence-electron chi connectivity index (χ0n) is 24.8. The molecule has 1 fully saturated rings. The lowest BCUT2D eigenvalue weighted by molar-refractivity contribution is 0.0697. The van der Waals surface area contributed by atoms with Gasteiger partial charge in [-0.25, -0.2) is 4.79 Å². The number of aromatic carboxylic acids is 1. The first-order chi connectivity index (χ1) is 21.2. The number of anilines is 1. The number of aryl methyl sites for hydroxylation is 2. The Morgan fingerprint density at radius 1 is 0.909 bits per heavy atom. The van der Waals surface area contributed by atoms with Crippen LogP contribution in [-0.2, 0) is 0 Å². The van der Waals surface area contributed by atoms with Gasteiger partial charge >= 0.3 is 5.97 Å². The van der Waals surface area contributed by atoms with Crippen molar-refractivity contribution in [1.82, 2.24) is 14.9 Å². The highest BCUT2D eigenvalue weighted by Crippen LogP contribution is 2.44. The number of aromatic nitrogens is 2. The molecule has 2 atom stereocenters. The Balaban J connectivity index is 1.41. The summed E-state index contributed by atoms with van der Waals surface area (Å²) in [6, 6.07) is 28.1. The Morgan fingerprint density at radius 3 is 2.23 bits per heavy atom. The molecule has 0 radical (unpaired) electrons. The van der Waals surface area contributed by atoms with Gasteiger partial charge in [-0.05, 0) is 123 Å². The predicted molar refractivity (Wildman–Crippen MR) is 174 cm³/mol. The third-order valence-corrected chi connectivity index (χ3v) is 8.31. The first-order valence-electron chi connectivity index (χ1n) is 14.2. The summed E-state index contributed by atoms with van der Waals surface area (Å²) in [5, 5.41) is 13.8. The van der Waals surface area contributed by atoms with E-state index in [0.717, 1.165) is 45.3 Å². The van der Waals surface area contributed by atoms with E-state index in [0.29, 0.717) is 16.6 Å². The van der Waals surface area contributed by atoms with E-state index in [4.69, 9.17) is 21.7 Å². The number of nitrogens with one attached hydrogen (secondary N) is 1. The minimum absolute atomic E-state index is 0.223. The molecule has 9 heteroatoms. The summed E-state index contributed by atoms with van der Waals surface area (Å²) in [5.74, 6) is 1.21. The average molecular weight is 605 g/mol. The largest absolute Gasteiger partial charge is 0.497 e. The van der Waals surface area contributed by atoms with Crippen molar-refractivity contribution >= 4 is 29.0 Å². The molecule has 1 aliphatic rings. The third-order valence-electron chi connectivity index (χ3n) is 7.99. The van der Waals surface area contributed by atoms with Gasteiger partial charge in [0.15, 0.2) is 5.11 Å². The van der Waals surface area contributed by atoms with Crippen molar-refractivity contribution in [2.45, 2.75) is 32.9 Å². The number of thiocarbonyl (C=S) groups is 1. The molecule has 8 nitrogen and oxygen atoms in total. The summed E-state index contributed by atoms with van der Waals surface area (Å²) in [6.07, 6.45) is 1.79.